The maximum Gasteiger partial charge on any atom is 0.293 e. The Morgan fingerprint density at radius 3 is 2.97 bits per heavy atom. The van der Waals surface area contributed by atoms with Gasteiger partial charge in [0.1, 0.15) is 0 Å². The molecular formula is C20H19N7OS. The molecule has 1 amide bonds. The molecule has 1 aromatic carbocycles. The molecule has 1 aliphatic rings. The molecule has 0 aliphatic carbocycles. The summed E-state index contributed by atoms with van der Waals surface area (Å²) in [6.07, 6.45) is 3.40. The third kappa shape index (κ3) is 3.57. The van der Waals surface area contributed by atoms with Crippen LogP contribution in [-0.4, -0.2) is 52.3 Å². The second kappa shape index (κ2) is 7.61. The molecule has 0 radical (unpaired) electrons. The lowest BCUT2D eigenvalue weighted by Crippen LogP contribution is -2.43. The predicted octanol–water partition coefficient (Wildman–Crippen LogP) is 2.74. The van der Waals surface area contributed by atoms with E-state index in [0.717, 1.165) is 42.8 Å². The van der Waals surface area contributed by atoms with Crippen molar-refractivity contribution >= 4 is 38.7 Å². The molecule has 29 heavy (non-hydrogen) atoms. The number of hydrogen-bond acceptors (Lipinski definition) is 7. The van der Waals surface area contributed by atoms with Crippen LogP contribution in [0.1, 0.15) is 10.6 Å². The number of carbonyl (C=O) groups excluding carboxylic acids is 1. The molecule has 5 rings (SSSR count). The van der Waals surface area contributed by atoms with E-state index in [0.29, 0.717) is 11.5 Å². The van der Waals surface area contributed by atoms with Crippen LogP contribution >= 0.6 is 11.3 Å². The summed E-state index contributed by atoms with van der Waals surface area (Å²) in [6, 6.07) is 10.0. The fourth-order valence-corrected chi connectivity index (χ4v) is 4.22. The summed E-state index contributed by atoms with van der Waals surface area (Å²) in [5.41, 5.74) is 2.49. The zero-order valence-electron chi connectivity index (χ0n) is 15.6. The van der Waals surface area contributed by atoms with Crippen molar-refractivity contribution in [2.75, 3.05) is 36.4 Å². The van der Waals surface area contributed by atoms with E-state index < -0.39 is 0 Å². The van der Waals surface area contributed by atoms with Crippen LogP contribution in [-0.2, 0) is 0 Å². The van der Waals surface area contributed by atoms with Crippen LogP contribution in [0.5, 0.6) is 0 Å². The standard InChI is InChI=1S/C20H19N7OS/c28-20(23-15-12-22-5-3-16(15)27-8-6-21-7-9-27)19-24-18(25-26-19)14-1-2-17-13(11-14)4-10-29-17/h1-5,10-12,21H,6-9H2,(H,23,28)(H,24,25,26). The van der Waals surface area contributed by atoms with Crippen LogP contribution in [0.25, 0.3) is 21.5 Å². The quantitative estimate of drug-likeness (QED) is 0.483. The molecule has 146 valence electrons. The van der Waals surface area contributed by atoms with Gasteiger partial charge in [0.25, 0.3) is 5.91 Å². The highest BCUT2D eigenvalue weighted by molar-refractivity contribution is 7.17. The number of piperazine rings is 1. The topological polar surface area (TPSA) is 98.8 Å². The predicted molar refractivity (Wildman–Crippen MR) is 114 cm³/mol. The van der Waals surface area contributed by atoms with Gasteiger partial charge in [0, 0.05) is 42.6 Å². The number of nitrogens with zero attached hydrogens (tertiary/aromatic N) is 4. The Balaban J connectivity index is 1.37. The molecular weight excluding hydrogens is 386 g/mol. The number of fused-ring (bicyclic) bond motifs is 1. The lowest BCUT2D eigenvalue weighted by molar-refractivity contribution is 0.101. The van der Waals surface area contributed by atoms with Crippen molar-refractivity contribution in [1.82, 2.24) is 25.5 Å². The molecule has 0 saturated carbocycles. The van der Waals surface area contributed by atoms with E-state index in [4.69, 9.17) is 0 Å². The van der Waals surface area contributed by atoms with Crippen LogP contribution in [0.2, 0.25) is 0 Å². The molecule has 4 aromatic rings. The maximum absolute atomic E-state index is 12.8. The largest absolute Gasteiger partial charge is 0.367 e. The molecule has 3 aromatic heterocycles. The highest BCUT2D eigenvalue weighted by Gasteiger charge is 2.18. The Morgan fingerprint density at radius 2 is 2.07 bits per heavy atom. The van der Waals surface area contributed by atoms with E-state index >= 15 is 0 Å². The molecule has 9 heteroatoms. The fourth-order valence-electron chi connectivity index (χ4n) is 3.44. The highest BCUT2D eigenvalue weighted by atomic mass is 32.1. The van der Waals surface area contributed by atoms with Crippen molar-refractivity contribution < 1.29 is 4.79 Å². The number of H-pyrrole nitrogens is 1. The summed E-state index contributed by atoms with van der Waals surface area (Å²) in [4.78, 5) is 23.5. The van der Waals surface area contributed by atoms with Gasteiger partial charge in [-0.25, -0.2) is 4.98 Å². The smallest absolute Gasteiger partial charge is 0.293 e. The number of thiophene rings is 1. The number of amides is 1. The summed E-state index contributed by atoms with van der Waals surface area (Å²) < 4.78 is 1.21. The first-order chi connectivity index (χ1) is 14.3. The van der Waals surface area contributed by atoms with Gasteiger partial charge in [-0.05, 0) is 41.1 Å². The number of carbonyl (C=O) groups is 1. The Hall–Kier alpha value is -3.30. The highest BCUT2D eigenvalue weighted by Crippen LogP contribution is 2.27. The molecule has 8 nitrogen and oxygen atoms in total. The second-order valence-corrected chi connectivity index (χ2v) is 7.71. The Kier molecular flexibility index (Phi) is 4.66. The van der Waals surface area contributed by atoms with Crippen molar-refractivity contribution in [3.05, 3.63) is 53.9 Å². The minimum atomic E-state index is -0.343. The third-order valence-electron chi connectivity index (χ3n) is 4.92. The Morgan fingerprint density at radius 1 is 1.17 bits per heavy atom. The van der Waals surface area contributed by atoms with Crippen molar-refractivity contribution in [3.8, 4) is 11.4 Å². The number of aromatic nitrogens is 4. The number of rotatable bonds is 4. The van der Waals surface area contributed by atoms with Gasteiger partial charge >= 0.3 is 0 Å². The zero-order chi connectivity index (χ0) is 19.6. The lowest BCUT2D eigenvalue weighted by Gasteiger charge is -2.30. The zero-order valence-corrected chi connectivity index (χ0v) is 16.4. The normalized spacial score (nSPS) is 14.3. The SMILES string of the molecule is O=C(Nc1cnccc1N1CCNCC1)c1nc(-c2ccc3sccc3c2)n[nH]1. The summed E-state index contributed by atoms with van der Waals surface area (Å²) in [7, 11) is 0. The first-order valence-electron chi connectivity index (χ1n) is 9.39. The Labute approximate surface area is 171 Å². The van der Waals surface area contributed by atoms with E-state index in [1.54, 1.807) is 23.7 Å². The minimum Gasteiger partial charge on any atom is -0.367 e. The monoisotopic (exact) mass is 405 g/mol. The fraction of sp³-hybridized carbons (Fsp3) is 0.200. The van der Waals surface area contributed by atoms with Crippen molar-refractivity contribution in [2.45, 2.75) is 0 Å². The Bertz CT molecular complexity index is 1160. The van der Waals surface area contributed by atoms with Gasteiger partial charge in [0.15, 0.2) is 5.82 Å². The van der Waals surface area contributed by atoms with Gasteiger partial charge < -0.3 is 15.5 Å². The average molecular weight is 405 g/mol. The molecule has 3 N–H and O–H groups in total. The van der Waals surface area contributed by atoms with E-state index in [9.17, 15) is 4.79 Å². The van der Waals surface area contributed by atoms with Gasteiger partial charge in [-0.15, -0.1) is 11.3 Å². The van der Waals surface area contributed by atoms with Crippen LogP contribution < -0.4 is 15.5 Å². The van der Waals surface area contributed by atoms with Crippen molar-refractivity contribution in [1.29, 1.82) is 0 Å². The molecule has 1 saturated heterocycles. The van der Waals surface area contributed by atoms with Gasteiger partial charge in [-0.3, -0.25) is 14.9 Å². The molecule has 0 bridgehead atoms. The summed E-state index contributed by atoms with van der Waals surface area (Å²) in [5, 5.41) is 16.4. The average Bonchev–Trinajstić information content (AvgIpc) is 3.44. The van der Waals surface area contributed by atoms with Crippen LogP contribution in [0, 0.1) is 0 Å². The third-order valence-corrected chi connectivity index (χ3v) is 5.81. The number of anilines is 2. The first kappa shape index (κ1) is 17.8. The minimum absolute atomic E-state index is 0.167. The van der Waals surface area contributed by atoms with Gasteiger partial charge in [0.2, 0.25) is 5.82 Å². The first-order valence-corrected chi connectivity index (χ1v) is 10.3. The van der Waals surface area contributed by atoms with Gasteiger partial charge in [-0.2, -0.15) is 5.10 Å². The summed E-state index contributed by atoms with van der Waals surface area (Å²) in [6.45, 7) is 3.58. The number of benzene rings is 1. The van der Waals surface area contributed by atoms with E-state index in [1.165, 1.54) is 4.70 Å². The second-order valence-electron chi connectivity index (χ2n) is 6.76. The number of aromatic amines is 1. The van der Waals surface area contributed by atoms with E-state index in [-0.39, 0.29) is 11.7 Å². The van der Waals surface area contributed by atoms with E-state index in [2.05, 4.69) is 47.1 Å². The molecule has 0 spiro atoms. The summed E-state index contributed by atoms with van der Waals surface area (Å²) in [5.74, 6) is 0.321. The lowest BCUT2D eigenvalue weighted by atomic mass is 10.1. The molecule has 4 heterocycles. The van der Waals surface area contributed by atoms with Crippen molar-refractivity contribution in [2.24, 2.45) is 0 Å². The maximum atomic E-state index is 12.8. The van der Waals surface area contributed by atoms with Gasteiger partial charge in [-0.1, -0.05) is 0 Å². The number of nitrogens with one attached hydrogen (secondary N) is 3. The molecule has 1 fully saturated rings. The van der Waals surface area contributed by atoms with Gasteiger partial charge in [0.05, 0.1) is 17.6 Å². The van der Waals surface area contributed by atoms with Crippen LogP contribution in [0.15, 0.2) is 48.1 Å². The molecule has 0 unspecified atom stereocenters. The number of pyridine rings is 1. The molecule has 0 atom stereocenters. The van der Waals surface area contributed by atoms with Crippen LogP contribution in [0.4, 0.5) is 11.4 Å². The van der Waals surface area contributed by atoms with E-state index in [1.807, 2.05) is 24.3 Å². The van der Waals surface area contributed by atoms with Crippen molar-refractivity contribution in [3.63, 3.8) is 0 Å². The number of hydrogen-bond donors (Lipinski definition) is 3. The summed E-state index contributed by atoms with van der Waals surface area (Å²) >= 11 is 1.69. The molecule has 1 aliphatic heterocycles. The van der Waals surface area contributed by atoms with Crippen LogP contribution in [0.3, 0.4) is 0 Å².